The summed E-state index contributed by atoms with van der Waals surface area (Å²) in [6.45, 7) is 1.77. The highest BCUT2D eigenvalue weighted by Crippen LogP contribution is 2.09. The van der Waals surface area contributed by atoms with Gasteiger partial charge < -0.3 is 9.15 Å². The molecule has 6 nitrogen and oxygen atoms in total. The number of furan rings is 1. The number of esters is 1. The molecule has 0 aliphatic rings. The molecule has 0 N–H and O–H groups in total. The zero-order chi connectivity index (χ0) is 15.5. The fourth-order valence-corrected chi connectivity index (χ4v) is 2.59. The van der Waals surface area contributed by atoms with Crippen molar-refractivity contribution in [3.63, 3.8) is 0 Å². The number of hydrogen-bond acceptors (Lipinski definition) is 6. The van der Waals surface area contributed by atoms with E-state index in [4.69, 9.17) is 9.15 Å². The van der Waals surface area contributed by atoms with Crippen LogP contribution < -0.4 is 5.56 Å². The van der Waals surface area contributed by atoms with E-state index in [0.29, 0.717) is 16.4 Å². The smallest absolute Gasteiger partial charge is 0.331 e. The molecule has 0 aliphatic heterocycles. The molecule has 0 unspecified atom stereocenters. The third-order valence-corrected chi connectivity index (χ3v) is 3.62. The Hall–Kier alpha value is -2.67. The number of thiazole rings is 1. The number of nitrogens with zero attached hydrogens (tertiary/aromatic N) is 2. The van der Waals surface area contributed by atoms with E-state index in [2.05, 4.69) is 4.98 Å². The number of aromatic nitrogens is 2. The van der Waals surface area contributed by atoms with Crippen molar-refractivity contribution < 1.29 is 13.9 Å². The minimum absolute atomic E-state index is 0.0516. The van der Waals surface area contributed by atoms with Crippen molar-refractivity contribution in [3.8, 4) is 0 Å². The zero-order valence-electron chi connectivity index (χ0n) is 11.7. The van der Waals surface area contributed by atoms with Gasteiger partial charge in [0, 0.05) is 23.7 Å². The van der Waals surface area contributed by atoms with E-state index in [0.717, 1.165) is 5.76 Å². The average Bonchev–Trinajstić information content (AvgIpc) is 3.12. The number of hydrogen-bond donors (Lipinski definition) is 0. The maximum atomic E-state index is 11.8. The molecule has 3 aromatic rings. The van der Waals surface area contributed by atoms with Gasteiger partial charge in [-0.05, 0) is 25.1 Å². The van der Waals surface area contributed by atoms with Crippen molar-refractivity contribution in [3.05, 3.63) is 63.4 Å². The van der Waals surface area contributed by atoms with Crippen molar-refractivity contribution in [1.29, 1.82) is 0 Å². The summed E-state index contributed by atoms with van der Waals surface area (Å²) in [6, 6.07) is 4.91. The van der Waals surface area contributed by atoms with Gasteiger partial charge in [0.25, 0.3) is 5.56 Å². The second-order valence-corrected chi connectivity index (χ2v) is 5.40. The third-order valence-electron chi connectivity index (χ3n) is 2.86. The largest absolute Gasteiger partial charge is 0.462 e. The molecule has 0 radical (unpaired) electrons. The molecule has 0 fully saturated rings. The average molecular weight is 316 g/mol. The zero-order valence-corrected chi connectivity index (χ0v) is 12.5. The Labute approximate surface area is 129 Å². The molecule has 0 saturated heterocycles. The lowest BCUT2D eigenvalue weighted by Gasteiger charge is -2.01. The van der Waals surface area contributed by atoms with Gasteiger partial charge in [0.05, 0.1) is 5.69 Å². The highest BCUT2D eigenvalue weighted by Gasteiger charge is 2.05. The quantitative estimate of drug-likeness (QED) is 0.546. The molecular weight excluding hydrogens is 304 g/mol. The van der Waals surface area contributed by atoms with Crippen molar-refractivity contribution in [2.45, 2.75) is 13.5 Å². The first-order valence-electron chi connectivity index (χ1n) is 6.49. The van der Waals surface area contributed by atoms with Crippen molar-refractivity contribution >= 4 is 28.3 Å². The van der Waals surface area contributed by atoms with Gasteiger partial charge in [0.2, 0.25) is 0 Å². The van der Waals surface area contributed by atoms with E-state index in [1.807, 2.05) is 6.92 Å². The molecule has 0 spiro atoms. The summed E-state index contributed by atoms with van der Waals surface area (Å²) in [7, 11) is 0. The van der Waals surface area contributed by atoms with Gasteiger partial charge in [-0.15, -0.1) is 11.3 Å². The minimum atomic E-state index is -0.526. The Morgan fingerprint density at radius 1 is 1.50 bits per heavy atom. The predicted molar refractivity (Wildman–Crippen MR) is 81.6 cm³/mol. The summed E-state index contributed by atoms with van der Waals surface area (Å²) in [5.41, 5.74) is 0.224. The van der Waals surface area contributed by atoms with Crippen molar-refractivity contribution in [1.82, 2.24) is 9.38 Å². The summed E-state index contributed by atoms with van der Waals surface area (Å²) in [5.74, 6) is 0.815. The lowest BCUT2D eigenvalue weighted by Crippen LogP contribution is -2.14. The first kappa shape index (κ1) is 14.3. The summed E-state index contributed by atoms with van der Waals surface area (Å²) in [6.07, 6.45) is 4.45. The molecule has 22 heavy (non-hydrogen) atoms. The van der Waals surface area contributed by atoms with Crippen LogP contribution in [0.3, 0.4) is 0 Å². The highest BCUT2D eigenvalue weighted by molar-refractivity contribution is 7.15. The normalized spacial score (nSPS) is 11.3. The van der Waals surface area contributed by atoms with E-state index in [1.54, 1.807) is 23.7 Å². The van der Waals surface area contributed by atoms with Crippen LogP contribution in [0.5, 0.6) is 0 Å². The second kappa shape index (κ2) is 5.98. The van der Waals surface area contributed by atoms with Crippen LogP contribution in [0.2, 0.25) is 0 Å². The van der Waals surface area contributed by atoms with Crippen molar-refractivity contribution in [2.75, 3.05) is 0 Å². The monoisotopic (exact) mass is 316 g/mol. The van der Waals surface area contributed by atoms with E-state index >= 15 is 0 Å². The fraction of sp³-hybridized carbons (Fsp3) is 0.133. The van der Waals surface area contributed by atoms with Gasteiger partial charge in [0.15, 0.2) is 4.96 Å². The van der Waals surface area contributed by atoms with Crippen LogP contribution in [0.15, 0.2) is 45.1 Å². The first-order chi connectivity index (χ1) is 10.6. The molecule has 0 saturated carbocycles. The SMILES string of the molecule is Cc1ccc(C=CC(=O)OCc2cc(=O)n3ccsc3n2)o1. The molecule has 3 heterocycles. The maximum absolute atomic E-state index is 11.8. The Morgan fingerprint density at radius 3 is 3.14 bits per heavy atom. The second-order valence-electron chi connectivity index (χ2n) is 4.53. The van der Waals surface area contributed by atoms with E-state index in [9.17, 15) is 9.59 Å². The van der Waals surface area contributed by atoms with Crippen LogP contribution in [0.4, 0.5) is 0 Å². The molecule has 0 amide bonds. The molecule has 0 aromatic carbocycles. The number of fused-ring (bicyclic) bond motifs is 1. The fourth-order valence-electron chi connectivity index (χ4n) is 1.85. The van der Waals surface area contributed by atoms with Crippen LogP contribution in [0.1, 0.15) is 17.2 Å². The van der Waals surface area contributed by atoms with Crippen LogP contribution >= 0.6 is 11.3 Å². The van der Waals surface area contributed by atoms with E-state index in [1.165, 1.54) is 34.0 Å². The summed E-state index contributed by atoms with van der Waals surface area (Å²) < 4.78 is 11.8. The van der Waals surface area contributed by atoms with Gasteiger partial charge in [-0.2, -0.15) is 0 Å². The van der Waals surface area contributed by atoms with Gasteiger partial charge in [0.1, 0.15) is 18.1 Å². The lowest BCUT2D eigenvalue weighted by molar-refractivity contribution is -0.139. The summed E-state index contributed by atoms with van der Waals surface area (Å²) in [4.78, 5) is 28.2. The molecule has 0 bridgehead atoms. The van der Waals surface area contributed by atoms with Crippen molar-refractivity contribution in [2.24, 2.45) is 0 Å². The van der Waals surface area contributed by atoms with Crippen LogP contribution in [0.25, 0.3) is 11.0 Å². The third kappa shape index (κ3) is 3.15. The molecule has 0 atom stereocenters. The van der Waals surface area contributed by atoms with Crippen LogP contribution in [0, 0.1) is 6.92 Å². The predicted octanol–water partition coefficient (Wildman–Crippen LogP) is 2.41. The maximum Gasteiger partial charge on any atom is 0.331 e. The first-order valence-corrected chi connectivity index (χ1v) is 7.37. The van der Waals surface area contributed by atoms with Gasteiger partial charge in [-0.1, -0.05) is 0 Å². The summed E-state index contributed by atoms with van der Waals surface area (Å²) >= 11 is 1.34. The van der Waals surface area contributed by atoms with E-state index < -0.39 is 5.97 Å². The Balaban J connectivity index is 1.64. The van der Waals surface area contributed by atoms with Crippen LogP contribution in [-0.2, 0) is 16.1 Å². The Morgan fingerprint density at radius 2 is 2.36 bits per heavy atom. The number of carbonyl (C=O) groups is 1. The topological polar surface area (TPSA) is 73.8 Å². The molecule has 3 rings (SSSR count). The highest BCUT2D eigenvalue weighted by atomic mass is 32.1. The molecule has 0 aliphatic carbocycles. The number of ether oxygens (including phenoxy) is 1. The summed E-state index contributed by atoms with van der Waals surface area (Å²) in [5, 5.41) is 1.77. The van der Waals surface area contributed by atoms with Crippen LogP contribution in [-0.4, -0.2) is 15.4 Å². The number of aryl methyl sites for hydroxylation is 1. The molecular formula is C15H12N2O4S. The Kier molecular flexibility index (Phi) is 3.88. The van der Waals surface area contributed by atoms with Gasteiger partial charge >= 0.3 is 5.97 Å². The number of carbonyl (C=O) groups excluding carboxylic acids is 1. The molecule has 112 valence electrons. The van der Waals surface area contributed by atoms with E-state index in [-0.39, 0.29) is 12.2 Å². The number of rotatable bonds is 4. The lowest BCUT2D eigenvalue weighted by atomic mass is 10.4. The minimum Gasteiger partial charge on any atom is -0.462 e. The Bertz CT molecular complexity index is 904. The molecule has 3 aromatic heterocycles. The standard InChI is InChI=1S/C15H12N2O4S/c1-10-2-3-12(21-10)4-5-14(19)20-9-11-8-13(18)17-6-7-22-15(17)16-11/h2-8H,9H2,1H3. The molecule has 7 heteroatoms. The van der Waals surface area contributed by atoms with Gasteiger partial charge in [-0.3, -0.25) is 9.20 Å². The van der Waals surface area contributed by atoms with Gasteiger partial charge in [-0.25, -0.2) is 9.78 Å².